The van der Waals surface area contributed by atoms with E-state index < -0.39 is 0 Å². The van der Waals surface area contributed by atoms with Crippen molar-refractivity contribution in [2.45, 2.75) is 45.4 Å². The van der Waals surface area contributed by atoms with Crippen molar-refractivity contribution in [1.82, 2.24) is 15.0 Å². The van der Waals surface area contributed by atoms with Gasteiger partial charge in [-0.15, -0.1) is 0 Å². The van der Waals surface area contributed by atoms with E-state index >= 15 is 0 Å². The van der Waals surface area contributed by atoms with Gasteiger partial charge >= 0.3 is 0 Å². The highest BCUT2D eigenvalue weighted by molar-refractivity contribution is 5.53. The van der Waals surface area contributed by atoms with Crippen molar-refractivity contribution < 1.29 is 9.84 Å². The predicted octanol–water partition coefficient (Wildman–Crippen LogP) is 3.98. The molecule has 2 heterocycles. The molecule has 2 rings (SSSR count). The number of rotatable bonds is 9. The van der Waals surface area contributed by atoms with E-state index in [-0.39, 0.29) is 5.75 Å². The number of pyridine rings is 1. The Morgan fingerprint density at radius 3 is 2.32 bits per heavy atom. The van der Waals surface area contributed by atoms with Crippen molar-refractivity contribution in [2.75, 3.05) is 6.61 Å². The van der Waals surface area contributed by atoms with Gasteiger partial charge in [0.25, 0.3) is 0 Å². The molecule has 0 saturated carbocycles. The van der Waals surface area contributed by atoms with E-state index in [9.17, 15) is 5.11 Å². The largest absolute Gasteiger partial charge is 0.505 e. The zero-order valence-electron chi connectivity index (χ0n) is 13.0. The first-order chi connectivity index (χ1) is 10.8. The van der Waals surface area contributed by atoms with Crippen molar-refractivity contribution in [3.63, 3.8) is 0 Å². The first kappa shape index (κ1) is 16.2. The highest BCUT2D eigenvalue weighted by Gasteiger charge is 2.03. The second-order valence-corrected chi connectivity index (χ2v) is 5.27. The van der Waals surface area contributed by atoms with Crippen LogP contribution in [0, 0.1) is 0 Å². The maximum atomic E-state index is 9.18. The van der Waals surface area contributed by atoms with E-state index in [4.69, 9.17) is 4.74 Å². The highest BCUT2D eigenvalue weighted by atomic mass is 16.5. The van der Waals surface area contributed by atoms with Gasteiger partial charge in [0.2, 0.25) is 5.88 Å². The molecule has 0 saturated heterocycles. The lowest BCUT2D eigenvalue weighted by molar-refractivity contribution is 0.293. The van der Waals surface area contributed by atoms with Crippen LogP contribution in [0.25, 0.3) is 11.4 Å². The molecule has 2 aromatic heterocycles. The minimum absolute atomic E-state index is 0.0515. The van der Waals surface area contributed by atoms with Crippen LogP contribution in [-0.2, 0) is 0 Å². The minimum atomic E-state index is 0.0515. The quantitative estimate of drug-likeness (QED) is 0.709. The normalized spacial score (nSPS) is 10.6. The van der Waals surface area contributed by atoms with Crippen molar-refractivity contribution in [3.8, 4) is 23.0 Å². The zero-order valence-corrected chi connectivity index (χ0v) is 13.0. The van der Waals surface area contributed by atoms with Crippen LogP contribution >= 0.6 is 0 Å². The fourth-order valence-electron chi connectivity index (χ4n) is 2.13. The van der Waals surface area contributed by atoms with E-state index in [0.29, 0.717) is 18.3 Å². The van der Waals surface area contributed by atoms with Crippen molar-refractivity contribution in [1.29, 1.82) is 0 Å². The summed E-state index contributed by atoms with van der Waals surface area (Å²) in [6.45, 7) is 2.93. The highest BCUT2D eigenvalue weighted by Crippen LogP contribution is 2.17. The Balaban J connectivity index is 1.74. The number of aromatic nitrogens is 3. The average Bonchev–Trinajstić information content (AvgIpc) is 2.55. The Hall–Kier alpha value is -2.17. The van der Waals surface area contributed by atoms with Gasteiger partial charge in [-0.3, -0.25) is 0 Å². The van der Waals surface area contributed by atoms with Crippen LogP contribution in [0.1, 0.15) is 45.4 Å². The van der Waals surface area contributed by atoms with Gasteiger partial charge in [0, 0.05) is 17.8 Å². The van der Waals surface area contributed by atoms with E-state index in [1.807, 2.05) is 12.1 Å². The van der Waals surface area contributed by atoms with E-state index in [1.165, 1.54) is 44.5 Å². The van der Waals surface area contributed by atoms with Gasteiger partial charge in [-0.2, -0.15) is 0 Å². The van der Waals surface area contributed by atoms with Crippen molar-refractivity contribution in [2.24, 2.45) is 0 Å². The monoisotopic (exact) mass is 301 g/mol. The molecule has 0 atom stereocenters. The smallest absolute Gasteiger partial charge is 0.213 e. The van der Waals surface area contributed by atoms with Crippen LogP contribution in [0.15, 0.2) is 30.7 Å². The molecule has 0 aliphatic rings. The van der Waals surface area contributed by atoms with Crippen LogP contribution in [0.4, 0.5) is 0 Å². The van der Waals surface area contributed by atoms with Gasteiger partial charge in [0.05, 0.1) is 19.0 Å². The first-order valence-corrected chi connectivity index (χ1v) is 7.90. The standard InChI is InChI=1S/C17H23N3O2/c1-2-3-4-5-6-7-10-22-16-9-8-14(11-18-16)17-19-12-15(21)13-20-17/h8-9,11-13,21H,2-7,10H2,1H3. The van der Waals surface area contributed by atoms with Crippen LogP contribution < -0.4 is 4.74 Å². The molecule has 0 fully saturated rings. The third-order valence-electron chi connectivity index (χ3n) is 3.38. The lowest BCUT2D eigenvalue weighted by Crippen LogP contribution is -1.99. The molecule has 0 aliphatic carbocycles. The maximum Gasteiger partial charge on any atom is 0.213 e. The minimum Gasteiger partial charge on any atom is -0.505 e. The Morgan fingerprint density at radius 1 is 0.909 bits per heavy atom. The second-order valence-electron chi connectivity index (χ2n) is 5.27. The summed E-state index contributed by atoms with van der Waals surface area (Å²) in [6.07, 6.45) is 11.9. The first-order valence-electron chi connectivity index (χ1n) is 7.90. The Labute approximate surface area is 131 Å². The average molecular weight is 301 g/mol. The lowest BCUT2D eigenvalue weighted by Gasteiger charge is -2.06. The molecule has 0 aliphatic heterocycles. The molecule has 2 aromatic rings. The Morgan fingerprint density at radius 2 is 1.64 bits per heavy atom. The molecular formula is C17H23N3O2. The fourth-order valence-corrected chi connectivity index (χ4v) is 2.13. The Kier molecular flexibility index (Phi) is 6.61. The molecule has 5 nitrogen and oxygen atoms in total. The third-order valence-corrected chi connectivity index (χ3v) is 3.38. The topological polar surface area (TPSA) is 68.1 Å². The van der Waals surface area contributed by atoms with E-state index in [1.54, 1.807) is 6.20 Å². The van der Waals surface area contributed by atoms with Gasteiger partial charge in [-0.05, 0) is 12.5 Å². The summed E-state index contributed by atoms with van der Waals surface area (Å²) in [4.78, 5) is 12.4. The molecule has 0 radical (unpaired) electrons. The fraction of sp³-hybridized carbons (Fsp3) is 0.471. The van der Waals surface area contributed by atoms with Crippen molar-refractivity contribution >= 4 is 0 Å². The molecule has 0 bridgehead atoms. The van der Waals surface area contributed by atoms with Crippen LogP contribution in [0.2, 0.25) is 0 Å². The number of hydrogen-bond donors (Lipinski definition) is 1. The number of aromatic hydroxyl groups is 1. The van der Waals surface area contributed by atoms with Gasteiger partial charge in [0.1, 0.15) is 0 Å². The Bertz CT molecular complexity index is 541. The maximum absolute atomic E-state index is 9.18. The summed E-state index contributed by atoms with van der Waals surface area (Å²) in [5.74, 6) is 1.21. The van der Waals surface area contributed by atoms with Crippen LogP contribution in [0.5, 0.6) is 11.6 Å². The third kappa shape index (κ3) is 5.31. The molecule has 0 unspecified atom stereocenters. The zero-order chi connectivity index (χ0) is 15.6. The number of nitrogens with zero attached hydrogens (tertiary/aromatic N) is 3. The number of unbranched alkanes of at least 4 members (excludes halogenated alkanes) is 5. The molecule has 5 heteroatoms. The summed E-state index contributed by atoms with van der Waals surface area (Å²) in [7, 11) is 0. The molecule has 0 amide bonds. The van der Waals surface area contributed by atoms with Gasteiger partial charge < -0.3 is 9.84 Å². The molecule has 0 aromatic carbocycles. The molecular weight excluding hydrogens is 278 g/mol. The SMILES string of the molecule is CCCCCCCCOc1ccc(-c2ncc(O)cn2)cn1. The molecule has 118 valence electrons. The van der Waals surface area contributed by atoms with Crippen molar-refractivity contribution in [3.05, 3.63) is 30.7 Å². The summed E-state index contributed by atoms with van der Waals surface area (Å²) in [5.41, 5.74) is 0.798. The van der Waals surface area contributed by atoms with Gasteiger partial charge in [-0.1, -0.05) is 39.0 Å². The molecule has 1 N–H and O–H groups in total. The molecule has 0 spiro atoms. The van der Waals surface area contributed by atoms with E-state index in [2.05, 4.69) is 21.9 Å². The van der Waals surface area contributed by atoms with Crippen LogP contribution in [-0.4, -0.2) is 26.7 Å². The number of hydrogen-bond acceptors (Lipinski definition) is 5. The summed E-state index contributed by atoms with van der Waals surface area (Å²) >= 11 is 0. The summed E-state index contributed by atoms with van der Waals surface area (Å²) in [6, 6.07) is 3.69. The summed E-state index contributed by atoms with van der Waals surface area (Å²) < 4.78 is 5.63. The summed E-state index contributed by atoms with van der Waals surface area (Å²) in [5, 5.41) is 9.18. The number of ether oxygens (including phenoxy) is 1. The predicted molar refractivity (Wildman–Crippen MR) is 85.8 cm³/mol. The van der Waals surface area contributed by atoms with Crippen LogP contribution in [0.3, 0.4) is 0 Å². The lowest BCUT2D eigenvalue weighted by atomic mass is 10.1. The van der Waals surface area contributed by atoms with Gasteiger partial charge in [0.15, 0.2) is 11.6 Å². The van der Waals surface area contributed by atoms with E-state index in [0.717, 1.165) is 12.0 Å². The molecule has 22 heavy (non-hydrogen) atoms. The van der Waals surface area contributed by atoms with Gasteiger partial charge in [-0.25, -0.2) is 15.0 Å². The second kappa shape index (κ2) is 8.97.